The van der Waals surface area contributed by atoms with Crippen molar-refractivity contribution < 1.29 is 4.79 Å². The van der Waals surface area contributed by atoms with Gasteiger partial charge in [0.25, 0.3) is 0 Å². The first kappa shape index (κ1) is 12.6. The number of carbonyl (C=O) groups excluding carboxylic acids is 1. The van der Waals surface area contributed by atoms with Crippen LogP contribution in [0.5, 0.6) is 0 Å². The van der Waals surface area contributed by atoms with Gasteiger partial charge in [-0.15, -0.1) is 0 Å². The molecule has 0 unspecified atom stereocenters. The van der Waals surface area contributed by atoms with E-state index in [1.54, 1.807) is 24.7 Å². The third kappa shape index (κ3) is 2.24. The number of aromatic amines is 1. The van der Waals surface area contributed by atoms with Crippen molar-refractivity contribution in [2.45, 2.75) is 0 Å². The second-order valence-electron chi connectivity index (χ2n) is 4.08. The van der Waals surface area contributed by atoms with Crippen LogP contribution < -0.4 is 0 Å². The number of pyridine rings is 1. The molecule has 0 radical (unpaired) electrons. The van der Waals surface area contributed by atoms with Crippen molar-refractivity contribution in [1.29, 1.82) is 0 Å². The third-order valence-corrected chi connectivity index (χ3v) is 4.05. The van der Waals surface area contributed by atoms with E-state index in [1.165, 1.54) is 0 Å². The van der Waals surface area contributed by atoms with Gasteiger partial charge in [-0.3, -0.25) is 9.78 Å². The molecule has 3 aromatic rings. The van der Waals surface area contributed by atoms with Crippen LogP contribution in [0.3, 0.4) is 0 Å². The smallest absolute Gasteiger partial charge is 0.196 e. The molecule has 19 heavy (non-hydrogen) atoms. The number of halogens is 2. The van der Waals surface area contributed by atoms with E-state index in [2.05, 4.69) is 41.8 Å². The number of H-pyrrole nitrogens is 1. The first-order chi connectivity index (χ1) is 9.16. The minimum atomic E-state index is -0.0291. The van der Waals surface area contributed by atoms with Crippen LogP contribution in [0.25, 0.3) is 10.9 Å². The third-order valence-electron chi connectivity index (χ3n) is 2.90. The fraction of sp³-hybridized carbons (Fsp3) is 0. The second-order valence-corrected chi connectivity index (χ2v) is 5.85. The van der Waals surface area contributed by atoms with Crippen molar-refractivity contribution in [3.63, 3.8) is 0 Å². The summed E-state index contributed by atoms with van der Waals surface area (Å²) in [6.07, 6.45) is 5.12. The standard InChI is InChI=1S/C14H8Br2N2O/c15-8-1-2-9(12(16)5-8)14(19)11-7-18-13-3-4-17-6-10(11)13/h1-7,18H. The maximum atomic E-state index is 12.6. The summed E-state index contributed by atoms with van der Waals surface area (Å²) in [5, 5.41) is 0.835. The van der Waals surface area contributed by atoms with Crippen molar-refractivity contribution in [2.24, 2.45) is 0 Å². The van der Waals surface area contributed by atoms with Crippen LogP contribution >= 0.6 is 31.9 Å². The highest BCUT2D eigenvalue weighted by molar-refractivity contribution is 9.11. The highest BCUT2D eigenvalue weighted by Gasteiger charge is 2.16. The van der Waals surface area contributed by atoms with E-state index in [0.717, 1.165) is 19.8 Å². The maximum Gasteiger partial charge on any atom is 0.196 e. The van der Waals surface area contributed by atoms with Gasteiger partial charge in [-0.05, 0) is 40.2 Å². The van der Waals surface area contributed by atoms with Crippen LogP contribution in [0.1, 0.15) is 15.9 Å². The van der Waals surface area contributed by atoms with Gasteiger partial charge >= 0.3 is 0 Å². The predicted octanol–water partition coefficient (Wildman–Crippen LogP) is 4.32. The monoisotopic (exact) mass is 378 g/mol. The normalized spacial score (nSPS) is 10.8. The molecule has 2 aromatic heterocycles. The molecular weight excluding hydrogens is 372 g/mol. The number of fused-ring (bicyclic) bond motifs is 1. The number of hydrogen-bond acceptors (Lipinski definition) is 2. The van der Waals surface area contributed by atoms with E-state index in [4.69, 9.17) is 0 Å². The van der Waals surface area contributed by atoms with Gasteiger partial charge in [0.1, 0.15) is 0 Å². The average molecular weight is 380 g/mol. The van der Waals surface area contributed by atoms with E-state index < -0.39 is 0 Å². The first-order valence-electron chi connectivity index (χ1n) is 5.57. The lowest BCUT2D eigenvalue weighted by molar-refractivity contribution is 0.103. The van der Waals surface area contributed by atoms with Crippen LogP contribution in [0.4, 0.5) is 0 Å². The summed E-state index contributed by atoms with van der Waals surface area (Å²) < 4.78 is 1.70. The summed E-state index contributed by atoms with van der Waals surface area (Å²) in [6, 6.07) is 7.36. The van der Waals surface area contributed by atoms with E-state index in [1.807, 2.05) is 18.2 Å². The van der Waals surface area contributed by atoms with Gasteiger partial charge in [0.15, 0.2) is 5.78 Å². The van der Waals surface area contributed by atoms with E-state index >= 15 is 0 Å². The molecule has 3 nitrogen and oxygen atoms in total. The molecule has 0 amide bonds. The van der Waals surface area contributed by atoms with E-state index in [-0.39, 0.29) is 5.78 Å². The predicted molar refractivity (Wildman–Crippen MR) is 81.4 cm³/mol. The zero-order valence-corrected chi connectivity index (χ0v) is 12.8. The Labute approximate surface area is 126 Å². The Morgan fingerprint density at radius 1 is 1.16 bits per heavy atom. The molecule has 0 saturated carbocycles. The molecule has 0 atom stereocenters. The lowest BCUT2D eigenvalue weighted by atomic mass is 10.0. The lowest BCUT2D eigenvalue weighted by Gasteiger charge is -2.03. The van der Waals surface area contributed by atoms with Crippen molar-refractivity contribution in [1.82, 2.24) is 9.97 Å². The molecule has 0 aliphatic heterocycles. The van der Waals surface area contributed by atoms with E-state index in [9.17, 15) is 4.79 Å². The zero-order valence-electron chi connectivity index (χ0n) is 9.65. The van der Waals surface area contributed by atoms with Crippen molar-refractivity contribution in [2.75, 3.05) is 0 Å². The molecule has 0 bridgehead atoms. The van der Waals surface area contributed by atoms with Gasteiger partial charge in [0.05, 0.1) is 0 Å². The summed E-state index contributed by atoms with van der Waals surface area (Å²) in [6.45, 7) is 0. The van der Waals surface area contributed by atoms with Crippen LogP contribution in [0.2, 0.25) is 0 Å². The molecule has 5 heteroatoms. The maximum absolute atomic E-state index is 12.6. The van der Waals surface area contributed by atoms with Crippen LogP contribution in [-0.4, -0.2) is 15.8 Å². The molecule has 0 aliphatic rings. The highest BCUT2D eigenvalue weighted by Crippen LogP contribution is 2.26. The first-order valence-corrected chi connectivity index (χ1v) is 7.16. The van der Waals surface area contributed by atoms with Gasteiger partial charge in [-0.1, -0.05) is 15.9 Å². The Bertz CT molecular complexity index is 780. The summed E-state index contributed by atoms with van der Waals surface area (Å²) in [4.78, 5) is 19.7. The molecule has 94 valence electrons. The lowest BCUT2D eigenvalue weighted by Crippen LogP contribution is -2.01. The van der Waals surface area contributed by atoms with Crippen molar-refractivity contribution >= 4 is 48.5 Å². The Morgan fingerprint density at radius 3 is 2.79 bits per heavy atom. The average Bonchev–Trinajstić information content (AvgIpc) is 2.82. The largest absolute Gasteiger partial charge is 0.360 e. The molecule has 1 N–H and O–H groups in total. The second kappa shape index (κ2) is 4.90. The molecule has 1 aromatic carbocycles. The Morgan fingerprint density at radius 2 is 2.00 bits per heavy atom. The molecule has 0 fully saturated rings. The van der Waals surface area contributed by atoms with E-state index in [0.29, 0.717) is 11.1 Å². The van der Waals surface area contributed by atoms with Gasteiger partial charge < -0.3 is 4.98 Å². The number of nitrogens with one attached hydrogen (secondary N) is 1. The number of benzene rings is 1. The molecule has 0 saturated heterocycles. The van der Waals surface area contributed by atoms with Crippen LogP contribution in [0, 0.1) is 0 Å². The topological polar surface area (TPSA) is 45.8 Å². The Balaban J connectivity index is 2.13. The number of ketones is 1. The molecule has 0 spiro atoms. The number of aromatic nitrogens is 2. The number of hydrogen-bond donors (Lipinski definition) is 1. The van der Waals surface area contributed by atoms with Crippen LogP contribution in [-0.2, 0) is 0 Å². The van der Waals surface area contributed by atoms with Gasteiger partial charge in [-0.2, -0.15) is 0 Å². The highest BCUT2D eigenvalue weighted by atomic mass is 79.9. The van der Waals surface area contributed by atoms with Crippen LogP contribution in [0.15, 0.2) is 51.8 Å². The fourth-order valence-corrected chi connectivity index (χ4v) is 3.20. The molecule has 0 aliphatic carbocycles. The fourth-order valence-electron chi connectivity index (χ4n) is 1.97. The summed E-state index contributed by atoms with van der Waals surface area (Å²) in [5.74, 6) is -0.0291. The van der Waals surface area contributed by atoms with Gasteiger partial charge in [0, 0.05) is 49.6 Å². The number of nitrogens with zero attached hydrogens (tertiary/aromatic N) is 1. The quantitative estimate of drug-likeness (QED) is 0.674. The molecular formula is C14H8Br2N2O. The minimum absolute atomic E-state index is 0.0291. The van der Waals surface area contributed by atoms with Gasteiger partial charge in [0.2, 0.25) is 0 Å². The Hall–Kier alpha value is -1.46. The molecule has 3 rings (SSSR count). The summed E-state index contributed by atoms with van der Waals surface area (Å²) in [7, 11) is 0. The summed E-state index contributed by atoms with van der Waals surface area (Å²) in [5.41, 5.74) is 2.17. The SMILES string of the molecule is O=C(c1ccc(Br)cc1Br)c1c[nH]c2ccncc12. The van der Waals surface area contributed by atoms with Crippen molar-refractivity contribution in [3.05, 3.63) is 62.9 Å². The number of carbonyl (C=O) groups is 1. The molecule has 2 heterocycles. The van der Waals surface area contributed by atoms with Gasteiger partial charge in [-0.25, -0.2) is 0 Å². The summed E-state index contributed by atoms with van der Waals surface area (Å²) >= 11 is 6.80. The minimum Gasteiger partial charge on any atom is -0.360 e. The Kier molecular flexibility index (Phi) is 3.24. The number of rotatable bonds is 2. The van der Waals surface area contributed by atoms with Crippen molar-refractivity contribution in [3.8, 4) is 0 Å². The zero-order chi connectivity index (χ0) is 13.4.